The molecule has 0 amide bonds. The molecule has 0 saturated heterocycles. The number of hydrogen-bond acceptors (Lipinski definition) is 5. The Bertz CT molecular complexity index is 854. The van der Waals surface area contributed by atoms with Crippen LogP contribution in [0.1, 0.15) is 5.56 Å². The van der Waals surface area contributed by atoms with Gasteiger partial charge in [-0.3, -0.25) is 4.98 Å². The van der Waals surface area contributed by atoms with Crippen LogP contribution in [0.25, 0.3) is 16.9 Å². The first-order valence-corrected chi connectivity index (χ1v) is 7.00. The predicted octanol–water partition coefficient (Wildman–Crippen LogP) is 3.24. The van der Waals surface area contributed by atoms with Crippen molar-refractivity contribution >= 4 is 17.4 Å². The molecule has 0 aliphatic rings. The van der Waals surface area contributed by atoms with Crippen LogP contribution in [0.3, 0.4) is 0 Å². The van der Waals surface area contributed by atoms with Crippen LogP contribution in [0.5, 0.6) is 0 Å². The summed E-state index contributed by atoms with van der Waals surface area (Å²) >= 11 is 6.35. The van der Waals surface area contributed by atoms with Crippen molar-refractivity contribution in [2.75, 3.05) is 0 Å². The smallest absolute Gasteiger partial charge is 0.199 e. The van der Waals surface area contributed by atoms with Crippen molar-refractivity contribution < 1.29 is 0 Å². The molecule has 2 aromatic heterocycles. The van der Waals surface area contributed by atoms with E-state index >= 15 is 0 Å². The Balaban J connectivity index is 1.94. The molecule has 3 N–H and O–H groups in total. The molecule has 0 atom stereocenters. The summed E-state index contributed by atoms with van der Waals surface area (Å²) in [6.45, 7) is 0. The van der Waals surface area contributed by atoms with Crippen molar-refractivity contribution in [1.82, 2.24) is 14.5 Å². The number of amidine groups is 1. The van der Waals surface area contributed by atoms with Gasteiger partial charge in [0.15, 0.2) is 5.84 Å². The van der Waals surface area contributed by atoms with E-state index in [1.807, 2.05) is 29.0 Å². The lowest BCUT2D eigenvalue weighted by atomic mass is 10.1. The number of nitrogens with zero attached hydrogens (tertiary/aromatic N) is 5. The highest BCUT2D eigenvalue weighted by atomic mass is 35.5. The lowest BCUT2D eigenvalue weighted by molar-refractivity contribution is 1.04. The summed E-state index contributed by atoms with van der Waals surface area (Å²) in [5.41, 5.74) is 10.0. The predicted molar refractivity (Wildman–Crippen MR) is 87.7 cm³/mol. The van der Waals surface area contributed by atoms with Crippen LogP contribution in [0, 0.1) is 5.53 Å². The SMILES string of the molecule is N=NC(=NN)c1ccc(-c2ncc(-n3ccnc3)cc2Cl)cc1. The minimum atomic E-state index is 0.158. The van der Waals surface area contributed by atoms with Crippen LogP contribution in [-0.4, -0.2) is 20.4 Å². The third-order valence-corrected chi connectivity index (χ3v) is 3.56. The first-order chi connectivity index (χ1) is 11.2. The Labute approximate surface area is 137 Å². The summed E-state index contributed by atoms with van der Waals surface area (Å²) in [6, 6.07) is 9.01. The molecule has 8 heteroatoms. The summed E-state index contributed by atoms with van der Waals surface area (Å²) in [5.74, 6) is 5.34. The van der Waals surface area contributed by atoms with Crippen LogP contribution in [0.2, 0.25) is 5.02 Å². The first kappa shape index (κ1) is 14.9. The first-order valence-electron chi connectivity index (χ1n) is 6.63. The van der Waals surface area contributed by atoms with Crippen molar-refractivity contribution in [3.05, 3.63) is 65.8 Å². The molecular weight excluding hydrogens is 314 g/mol. The van der Waals surface area contributed by atoms with E-state index in [9.17, 15) is 0 Å². The Kier molecular flexibility index (Phi) is 4.11. The Morgan fingerprint density at radius 2 is 2.04 bits per heavy atom. The van der Waals surface area contributed by atoms with Gasteiger partial charge >= 0.3 is 0 Å². The topological polar surface area (TPSA) is 105 Å². The fraction of sp³-hybridized carbons (Fsp3) is 0. The largest absolute Gasteiger partial charge is 0.321 e. The number of hydrogen-bond donors (Lipinski definition) is 2. The highest BCUT2D eigenvalue weighted by molar-refractivity contribution is 6.33. The molecule has 0 unspecified atom stereocenters. The molecule has 0 bridgehead atoms. The Morgan fingerprint density at radius 1 is 1.26 bits per heavy atom. The van der Waals surface area contributed by atoms with Gasteiger partial charge in [-0.2, -0.15) is 5.10 Å². The van der Waals surface area contributed by atoms with Crippen LogP contribution in [0.4, 0.5) is 0 Å². The van der Waals surface area contributed by atoms with E-state index in [-0.39, 0.29) is 5.84 Å². The maximum atomic E-state index is 7.01. The van der Waals surface area contributed by atoms with Gasteiger partial charge in [0.2, 0.25) is 0 Å². The summed E-state index contributed by atoms with van der Waals surface area (Å²) in [4.78, 5) is 8.42. The number of rotatable bonds is 3. The van der Waals surface area contributed by atoms with Crippen molar-refractivity contribution in [3.63, 3.8) is 0 Å². The second-order valence-corrected chi connectivity index (χ2v) is 5.04. The number of nitrogens with two attached hydrogens (primary N) is 1. The Hall–Kier alpha value is -3.06. The molecule has 0 radical (unpaired) electrons. The van der Waals surface area contributed by atoms with Crippen LogP contribution >= 0.6 is 11.6 Å². The molecule has 0 spiro atoms. The summed E-state index contributed by atoms with van der Waals surface area (Å²) in [7, 11) is 0. The standard InChI is InChI=1S/C15H12ClN7/c16-13-7-12(23-6-5-19-9-23)8-20-14(13)10-1-3-11(4-2-10)15(21-17)22-18/h1-9,17H,18H2. The molecule has 2 heterocycles. The van der Waals surface area contributed by atoms with Gasteiger partial charge in [0, 0.05) is 23.5 Å². The van der Waals surface area contributed by atoms with E-state index in [1.54, 1.807) is 30.9 Å². The average Bonchev–Trinajstić information content (AvgIpc) is 3.11. The second kappa shape index (κ2) is 6.37. The maximum Gasteiger partial charge on any atom is 0.199 e. The lowest BCUT2D eigenvalue weighted by Gasteiger charge is -2.08. The molecular formula is C15H12ClN7. The number of imidazole rings is 1. The third kappa shape index (κ3) is 2.95. The van der Waals surface area contributed by atoms with Gasteiger partial charge in [0.1, 0.15) is 0 Å². The maximum absolute atomic E-state index is 7.01. The van der Waals surface area contributed by atoms with Crippen molar-refractivity contribution in [3.8, 4) is 16.9 Å². The van der Waals surface area contributed by atoms with Gasteiger partial charge in [-0.1, -0.05) is 35.9 Å². The number of hydrazone groups is 1. The highest BCUT2D eigenvalue weighted by Gasteiger charge is 2.09. The minimum Gasteiger partial charge on any atom is -0.321 e. The van der Waals surface area contributed by atoms with Crippen LogP contribution < -0.4 is 5.84 Å². The number of nitrogens with one attached hydrogen (secondary N) is 1. The van der Waals surface area contributed by atoms with E-state index < -0.39 is 0 Å². The van der Waals surface area contributed by atoms with Gasteiger partial charge in [-0.15, -0.1) is 5.11 Å². The fourth-order valence-electron chi connectivity index (χ4n) is 2.14. The van der Waals surface area contributed by atoms with Gasteiger partial charge in [0.05, 0.1) is 28.9 Å². The second-order valence-electron chi connectivity index (χ2n) is 4.64. The minimum absolute atomic E-state index is 0.158. The summed E-state index contributed by atoms with van der Waals surface area (Å²) < 4.78 is 1.82. The number of halogens is 1. The van der Waals surface area contributed by atoms with Crippen molar-refractivity contribution in [2.24, 2.45) is 16.1 Å². The zero-order chi connectivity index (χ0) is 16.2. The number of aromatic nitrogens is 3. The van der Waals surface area contributed by atoms with Crippen molar-refractivity contribution in [1.29, 1.82) is 5.53 Å². The zero-order valence-electron chi connectivity index (χ0n) is 11.9. The Morgan fingerprint density at radius 3 is 2.61 bits per heavy atom. The van der Waals surface area contributed by atoms with Gasteiger partial charge in [0.25, 0.3) is 0 Å². The van der Waals surface area contributed by atoms with Crippen molar-refractivity contribution in [2.45, 2.75) is 0 Å². The molecule has 7 nitrogen and oxygen atoms in total. The number of pyridine rings is 1. The van der Waals surface area contributed by atoms with E-state index in [4.69, 9.17) is 23.0 Å². The molecule has 3 rings (SSSR count). The van der Waals surface area contributed by atoms with Gasteiger partial charge in [-0.05, 0) is 6.07 Å². The number of benzene rings is 1. The molecule has 23 heavy (non-hydrogen) atoms. The van der Waals surface area contributed by atoms with E-state index in [0.29, 0.717) is 16.3 Å². The molecule has 0 aliphatic carbocycles. The zero-order valence-corrected chi connectivity index (χ0v) is 12.6. The summed E-state index contributed by atoms with van der Waals surface area (Å²) in [6.07, 6.45) is 6.91. The molecule has 114 valence electrons. The quantitative estimate of drug-likeness (QED) is 0.254. The fourth-order valence-corrected chi connectivity index (χ4v) is 2.41. The molecule has 3 aromatic rings. The molecule has 0 saturated carbocycles. The lowest BCUT2D eigenvalue weighted by Crippen LogP contribution is -2.00. The average molecular weight is 326 g/mol. The highest BCUT2D eigenvalue weighted by Crippen LogP contribution is 2.27. The van der Waals surface area contributed by atoms with Gasteiger partial charge in [-0.25, -0.2) is 10.5 Å². The normalized spacial score (nSPS) is 11.4. The summed E-state index contributed by atoms with van der Waals surface area (Å²) in [5, 5.41) is 7.24. The monoisotopic (exact) mass is 325 g/mol. The van der Waals surface area contributed by atoms with Crippen LogP contribution in [-0.2, 0) is 0 Å². The van der Waals surface area contributed by atoms with Gasteiger partial charge < -0.3 is 10.4 Å². The molecule has 1 aromatic carbocycles. The third-order valence-electron chi connectivity index (χ3n) is 3.27. The molecule has 0 fully saturated rings. The van der Waals surface area contributed by atoms with E-state index in [1.165, 1.54) is 0 Å². The molecule has 0 aliphatic heterocycles. The van der Waals surface area contributed by atoms with Crippen LogP contribution in [0.15, 0.2) is 65.5 Å². The van der Waals surface area contributed by atoms with E-state index in [0.717, 1.165) is 11.3 Å². The van der Waals surface area contributed by atoms with E-state index in [2.05, 4.69) is 20.2 Å².